The summed E-state index contributed by atoms with van der Waals surface area (Å²) in [6.45, 7) is 2.16. The molecule has 0 spiro atoms. The number of hydrogen-bond acceptors (Lipinski definition) is 1. The molecule has 3 heteroatoms. The highest BCUT2D eigenvalue weighted by molar-refractivity contribution is 9.10. The van der Waals surface area contributed by atoms with E-state index in [1.165, 1.54) is 5.56 Å². The molecule has 2 aromatic rings. The Hall–Kier alpha value is -0.990. The second-order valence-electron chi connectivity index (χ2n) is 3.75. The predicted molar refractivity (Wildman–Crippen MR) is 79.9 cm³/mol. The van der Waals surface area contributed by atoms with Gasteiger partial charge in [-0.15, -0.1) is 12.4 Å². The summed E-state index contributed by atoms with van der Waals surface area (Å²) in [5.41, 5.74) is 2.41. The molecule has 0 bridgehead atoms. The van der Waals surface area contributed by atoms with Gasteiger partial charge >= 0.3 is 0 Å². The van der Waals surface area contributed by atoms with Crippen molar-refractivity contribution in [3.63, 3.8) is 0 Å². The lowest BCUT2D eigenvalue weighted by Gasteiger charge is -2.16. The minimum atomic E-state index is 0. The summed E-state index contributed by atoms with van der Waals surface area (Å²) in [6, 6.07) is 18.8. The number of anilines is 1. The quantitative estimate of drug-likeness (QED) is 0.837. The molecule has 0 radical (unpaired) electrons. The van der Waals surface area contributed by atoms with Gasteiger partial charge in [-0.25, -0.2) is 0 Å². The highest BCUT2D eigenvalue weighted by Gasteiger charge is 2.07. The molecule has 1 nitrogen and oxygen atoms in total. The van der Waals surface area contributed by atoms with Gasteiger partial charge in [0.25, 0.3) is 0 Å². The van der Waals surface area contributed by atoms with Crippen molar-refractivity contribution in [1.82, 2.24) is 0 Å². The second-order valence-corrected chi connectivity index (χ2v) is 4.61. The van der Waals surface area contributed by atoms with Crippen molar-refractivity contribution >= 4 is 34.0 Å². The first-order chi connectivity index (χ1) is 7.77. The zero-order chi connectivity index (χ0) is 11.4. The van der Waals surface area contributed by atoms with Crippen molar-refractivity contribution in [2.24, 2.45) is 0 Å². The van der Waals surface area contributed by atoms with Crippen molar-refractivity contribution in [2.45, 2.75) is 13.0 Å². The van der Waals surface area contributed by atoms with Crippen molar-refractivity contribution in [1.29, 1.82) is 0 Å². The van der Waals surface area contributed by atoms with E-state index < -0.39 is 0 Å². The Morgan fingerprint density at radius 2 is 1.53 bits per heavy atom. The zero-order valence-corrected chi connectivity index (χ0v) is 12.0. The molecule has 2 rings (SSSR count). The smallest absolute Gasteiger partial charge is 0.0496 e. The molecule has 0 fully saturated rings. The van der Waals surface area contributed by atoms with E-state index in [-0.39, 0.29) is 18.4 Å². The molecule has 0 aliphatic rings. The standard InChI is InChI=1S/C14H14BrN.ClH/c1-11(13-9-5-6-10-14(13)15)16-12-7-3-2-4-8-12;/h2-11,16H,1H3;1H. The molecule has 0 amide bonds. The van der Waals surface area contributed by atoms with Crippen LogP contribution in [0.3, 0.4) is 0 Å². The minimum Gasteiger partial charge on any atom is -0.378 e. The summed E-state index contributed by atoms with van der Waals surface area (Å²) in [5.74, 6) is 0. The third-order valence-electron chi connectivity index (χ3n) is 2.53. The van der Waals surface area contributed by atoms with Gasteiger partial charge in [-0.05, 0) is 30.7 Å². The fourth-order valence-electron chi connectivity index (χ4n) is 1.69. The summed E-state index contributed by atoms with van der Waals surface area (Å²) >= 11 is 3.57. The van der Waals surface area contributed by atoms with E-state index >= 15 is 0 Å². The molecular formula is C14H15BrClN. The van der Waals surface area contributed by atoms with E-state index in [9.17, 15) is 0 Å². The Morgan fingerprint density at radius 1 is 0.941 bits per heavy atom. The van der Waals surface area contributed by atoms with Gasteiger partial charge in [-0.3, -0.25) is 0 Å². The van der Waals surface area contributed by atoms with Crippen LogP contribution in [0, 0.1) is 0 Å². The molecule has 1 atom stereocenters. The van der Waals surface area contributed by atoms with Crippen LogP contribution >= 0.6 is 28.3 Å². The van der Waals surface area contributed by atoms with Crippen LogP contribution < -0.4 is 5.32 Å². The van der Waals surface area contributed by atoms with Crippen molar-refractivity contribution < 1.29 is 0 Å². The summed E-state index contributed by atoms with van der Waals surface area (Å²) in [7, 11) is 0. The molecule has 0 aliphatic heterocycles. The van der Waals surface area contributed by atoms with Crippen LogP contribution in [0.1, 0.15) is 18.5 Å². The summed E-state index contributed by atoms with van der Waals surface area (Å²) in [4.78, 5) is 0. The van der Waals surface area contributed by atoms with E-state index in [1.807, 2.05) is 24.3 Å². The average Bonchev–Trinajstić information content (AvgIpc) is 2.31. The van der Waals surface area contributed by atoms with Gasteiger partial charge in [0.05, 0.1) is 0 Å². The minimum absolute atomic E-state index is 0. The van der Waals surface area contributed by atoms with Crippen LogP contribution in [0.2, 0.25) is 0 Å². The lowest BCUT2D eigenvalue weighted by Crippen LogP contribution is -2.06. The molecule has 2 aromatic carbocycles. The molecule has 17 heavy (non-hydrogen) atoms. The maximum Gasteiger partial charge on any atom is 0.0496 e. The lowest BCUT2D eigenvalue weighted by atomic mass is 10.1. The van der Waals surface area contributed by atoms with E-state index in [4.69, 9.17) is 0 Å². The monoisotopic (exact) mass is 311 g/mol. The lowest BCUT2D eigenvalue weighted by molar-refractivity contribution is 0.879. The molecule has 90 valence electrons. The van der Waals surface area contributed by atoms with Gasteiger partial charge in [0.2, 0.25) is 0 Å². The van der Waals surface area contributed by atoms with Gasteiger partial charge in [0.15, 0.2) is 0 Å². The Labute approximate surface area is 117 Å². The second kappa shape index (κ2) is 6.67. The van der Waals surface area contributed by atoms with Crippen molar-refractivity contribution in [3.05, 3.63) is 64.6 Å². The van der Waals surface area contributed by atoms with Gasteiger partial charge in [-0.2, -0.15) is 0 Å². The number of para-hydroxylation sites is 1. The fourth-order valence-corrected chi connectivity index (χ4v) is 2.32. The number of nitrogens with one attached hydrogen (secondary N) is 1. The third-order valence-corrected chi connectivity index (χ3v) is 3.25. The van der Waals surface area contributed by atoms with E-state index in [0.717, 1.165) is 10.2 Å². The number of rotatable bonds is 3. The Morgan fingerprint density at radius 3 is 2.18 bits per heavy atom. The van der Waals surface area contributed by atoms with E-state index in [1.54, 1.807) is 0 Å². The zero-order valence-electron chi connectivity index (χ0n) is 9.56. The molecule has 0 saturated heterocycles. The van der Waals surface area contributed by atoms with Gasteiger partial charge in [0.1, 0.15) is 0 Å². The average molecular weight is 313 g/mol. The topological polar surface area (TPSA) is 12.0 Å². The molecular weight excluding hydrogens is 298 g/mol. The maximum absolute atomic E-state index is 3.57. The van der Waals surface area contributed by atoms with E-state index in [0.29, 0.717) is 0 Å². The summed E-state index contributed by atoms with van der Waals surface area (Å²) < 4.78 is 1.14. The first kappa shape index (κ1) is 14.1. The van der Waals surface area contributed by atoms with Crippen LogP contribution in [0.15, 0.2) is 59.1 Å². The van der Waals surface area contributed by atoms with Crippen molar-refractivity contribution in [3.8, 4) is 0 Å². The normalized spacial score (nSPS) is 11.4. The number of halogens is 2. The van der Waals surface area contributed by atoms with Crippen LogP contribution in [0.25, 0.3) is 0 Å². The molecule has 0 saturated carbocycles. The van der Waals surface area contributed by atoms with Gasteiger partial charge < -0.3 is 5.32 Å². The molecule has 0 aliphatic carbocycles. The predicted octanol–water partition coefficient (Wildman–Crippen LogP) is 5.04. The largest absolute Gasteiger partial charge is 0.378 e. The van der Waals surface area contributed by atoms with Crippen LogP contribution in [0.5, 0.6) is 0 Å². The Kier molecular flexibility index (Phi) is 5.52. The van der Waals surface area contributed by atoms with Gasteiger partial charge in [-0.1, -0.05) is 52.3 Å². The van der Waals surface area contributed by atoms with Gasteiger partial charge in [0, 0.05) is 16.2 Å². The summed E-state index contributed by atoms with van der Waals surface area (Å²) in [5, 5.41) is 3.47. The third kappa shape index (κ3) is 3.76. The van der Waals surface area contributed by atoms with Crippen LogP contribution in [-0.2, 0) is 0 Å². The SMILES string of the molecule is CC(Nc1ccccc1)c1ccccc1Br.Cl. The first-order valence-corrected chi connectivity index (χ1v) is 6.12. The van der Waals surface area contributed by atoms with Crippen molar-refractivity contribution in [2.75, 3.05) is 5.32 Å². The Bertz CT molecular complexity index is 459. The Balaban J connectivity index is 0.00000144. The molecule has 1 unspecified atom stereocenters. The number of hydrogen-bond donors (Lipinski definition) is 1. The van der Waals surface area contributed by atoms with Crippen LogP contribution in [-0.4, -0.2) is 0 Å². The molecule has 1 N–H and O–H groups in total. The maximum atomic E-state index is 3.57. The first-order valence-electron chi connectivity index (χ1n) is 5.33. The molecule has 0 aromatic heterocycles. The van der Waals surface area contributed by atoms with Crippen LogP contribution in [0.4, 0.5) is 5.69 Å². The van der Waals surface area contributed by atoms with E-state index in [2.05, 4.69) is 58.5 Å². The fraction of sp³-hybridized carbons (Fsp3) is 0.143. The highest BCUT2D eigenvalue weighted by Crippen LogP contribution is 2.25. The summed E-state index contributed by atoms with van der Waals surface area (Å²) in [6.07, 6.45) is 0. The highest BCUT2D eigenvalue weighted by atomic mass is 79.9. The molecule has 0 heterocycles. The number of benzene rings is 2.